The zero-order valence-electron chi connectivity index (χ0n) is 8.31. The zero-order valence-corrected chi connectivity index (χ0v) is 9.82. The van der Waals surface area contributed by atoms with Crippen LogP contribution in [0.15, 0.2) is 11.6 Å². The number of allylic oxidation sites excluding steroid dienone is 2. The molecule has 0 aromatic heterocycles. The fraction of sp³-hybridized carbons (Fsp3) is 0.700. The van der Waals surface area contributed by atoms with Crippen molar-refractivity contribution in [3.63, 3.8) is 0 Å². The fourth-order valence-corrected chi connectivity index (χ4v) is 1.19. The number of rotatable bonds is 5. The van der Waals surface area contributed by atoms with E-state index in [2.05, 4.69) is 6.08 Å². The Morgan fingerprint density at radius 3 is 2.46 bits per heavy atom. The van der Waals surface area contributed by atoms with Crippen LogP contribution in [0, 0.1) is 0 Å². The first kappa shape index (κ1) is 13.0. The summed E-state index contributed by atoms with van der Waals surface area (Å²) < 4.78 is 0. The second-order valence-electron chi connectivity index (χ2n) is 3.64. The van der Waals surface area contributed by atoms with Crippen LogP contribution >= 0.6 is 23.2 Å². The van der Waals surface area contributed by atoms with E-state index in [-0.39, 0.29) is 0 Å². The van der Waals surface area contributed by atoms with Crippen molar-refractivity contribution in [1.82, 2.24) is 0 Å². The van der Waals surface area contributed by atoms with Crippen molar-refractivity contribution in [3.05, 3.63) is 11.6 Å². The number of carbonyl (C=O) groups excluding carboxylic acids is 1. The van der Waals surface area contributed by atoms with Gasteiger partial charge in [-0.1, -0.05) is 11.6 Å². The Morgan fingerprint density at radius 1 is 1.54 bits per heavy atom. The molecule has 0 N–H and O–H groups in total. The molecule has 1 nitrogen and oxygen atoms in total. The van der Waals surface area contributed by atoms with Crippen LogP contribution in [0.1, 0.15) is 33.6 Å². The monoisotopic (exact) mass is 222 g/mol. The Bertz CT molecular complexity index is 193. The fourth-order valence-electron chi connectivity index (χ4n) is 0.923. The molecule has 0 spiro atoms. The molecular weight excluding hydrogens is 207 g/mol. The predicted molar refractivity (Wildman–Crippen MR) is 58.6 cm³/mol. The largest absolute Gasteiger partial charge is 0.302 e. The SMILES string of the molecule is CC(C)=CCC[C@@](C)(Cl)[C@H](Cl)C=O. The first-order valence-corrected chi connectivity index (χ1v) is 5.13. The van der Waals surface area contributed by atoms with Gasteiger partial charge in [0.05, 0.1) is 4.87 Å². The summed E-state index contributed by atoms with van der Waals surface area (Å²) in [4.78, 5) is 9.79. The van der Waals surface area contributed by atoms with Gasteiger partial charge < -0.3 is 4.79 Å². The molecule has 0 aromatic carbocycles. The molecule has 2 atom stereocenters. The minimum Gasteiger partial charge on any atom is -0.302 e. The molecule has 0 radical (unpaired) electrons. The summed E-state index contributed by atoms with van der Waals surface area (Å²) in [5.41, 5.74) is 1.25. The van der Waals surface area contributed by atoms with Gasteiger partial charge in [-0.25, -0.2) is 0 Å². The molecule has 0 aliphatic carbocycles. The number of hydrogen-bond donors (Lipinski definition) is 0. The van der Waals surface area contributed by atoms with Crippen LogP contribution in [0.2, 0.25) is 0 Å². The van der Waals surface area contributed by atoms with E-state index in [4.69, 9.17) is 23.2 Å². The first-order valence-electron chi connectivity index (χ1n) is 4.32. The lowest BCUT2D eigenvalue weighted by Crippen LogP contribution is -2.30. The lowest BCUT2D eigenvalue weighted by atomic mass is 10.0. The van der Waals surface area contributed by atoms with Gasteiger partial charge in [-0.05, 0) is 33.6 Å². The van der Waals surface area contributed by atoms with E-state index < -0.39 is 10.3 Å². The molecule has 0 fully saturated rings. The highest BCUT2D eigenvalue weighted by molar-refractivity contribution is 6.37. The third-order valence-corrected chi connectivity index (χ3v) is 3.00. The first-order chi connectivity index (χ1) is 5.90. The molecule has 0 aliphatic rings. The van der Waals surface area contributed by atoms with E-state index in [9.17, 15) is 4.79 Å². The average Bonchev–Trinajstić information content (AvgIpc) is 2.01. The summed E-state index contributed by atoms with van der Waals surface area (Å²) in [6.45, 7) is 5.85. The Balaban J connectivity index is 4.03. The molecule has 13 heavy (non-hydrogen) atoms. The van der Waals surface area contributed by atoms with Gasteiger partial charge in [0.1, 0.15) is 11.7 Å². The second-order valence-corrected chi connectivity index (χ2v) is 4.97. The van der Waals surface area contributed by atoms with Crippen molar-refractivity contribution >= 4 is 29.5 Å². The van der Waals surface area contributed by atoms with Gasteiger partial charge in [0, 0.05) is 0 Å². The minimum absolute atomic E-state index is 0.611. The predicted octanol–water partition coefficient (Wildman–Crippen LogP) is 3.54. The number of alkyl halides is 2. The Kier molecular flexibility index (Phi) is 5.66. The lowest BCUT2D eigenvalue weighted by Gasteiger charge is -2.22. The van der Waals surface area contributed by atoms with Crippen LogP contribution in [0.3, 0.4) is 0 Å². The molecule has 0 aliphatic heterocycles. The van der Waals surface area contributed by atoms with Crippen molar-refractivity contribution in [1.29, 1.82) is 0 Å². The molecule has 0 saturated carbocycles. The molecule has 0 rings (SSSR count). The van der Waals surface area contributed by atoms with Crippen molar-refractivity contribution in [2.24, 2.45) is 0 Å². The molecule has 76 valence electrons. The van der Waals surface area contributed by atoms with Gasteiger partial charge >= 0.3 is 0 Å². The van der Waals surface area contributed by atoms with E-state index in [1.54, 1.807) is 6.92 Å². The van der Waals surface area contributed by atoms with Crippen molar-refractivity contribution in [2.45, 2.75) is 43.9 Å². The summed E-state index contributed by atoms with van der Waals surface area (Å²) in [5, 5.41) is -0.611. The van der Waals surface area contributed by atoms with Gasteiger partial charge in [0.15, 0.2) is 0 Å². The Hall–Kier alpha value is -0.0100. The highest BCUT2D eigenvalue weighted by Gasteiger charge is 2.29. The summed E-state index contributed by atoms with van der Waals surface area (Å²) in [7, 11) is 0. The van der Waals surface area contributed by atoms with Gasteiger partial charge in [-0.2, -0.15) is 0 Å². The molecule has 0 aromatic rings. The molecular formula is C10H16Cl2O. The van der Waals surface area contributed by atoms with Crippen molar-refractivity contribution in [2.75, 3.05) is 0 Å². The number of aldehydes is 1. The van der Waals surface area contributed by atoms with E-state index in [1.807, 2.05) is 13.8 Å². The van der Waals surface area contributed by atoms with E-state index in [0.29, 0.717) is 12.7 Å². The van der Waals surface area contributed by atoms with E-state index >= 15 is 0 Å². The summed E-state index contributed by atoms with van der Waals surface area (Å²) in [6, 6.07) is 0. The average molecular weight is 223 g/mol. The minimum atomic E-state index is -0.630. The van der Waals surface area contributed by atoms with Gasteiger partial charge in [-0.3, -0.25) is 0 Å². The maximum Gasteiger partial charge on any atom is 0.139 e. The topological polar surface area (TPSA) is 17.1 Å². The van der Waals surface area contributed by atoms with Crippen LogP contribution in [0.25, 0.3) is 0 Å². The van der Waals surface area contributed by atoms with Crippen LogP contribution < -0.4 is 0 Å². The smallest absolute Gasteiger partial charge is 0.139 e. The summed E-state index contributed by atoms with van der Waals surface area (Å²) >= 11 is 11.8. The van der Waals surface area contributed by atoms with E-state index in [1.165, 1.54) is 5.57 Å². The normalized spacial score (nSPS) is 17.3. The zero-order chi connectivity index (χ0) is 10.5. The summed E-state index contributed by atoms with van der Waals surface area (Å²) in [5.74, 6) is 0. The van der Waals surface area contributed by atoms with Crippen LogP contribution in [-0.2, 0) is 4.79 Å². The Morgan fingerprint density at radius 2 is 2.08 bits per heavy atom. The molecule has 0 saturated heterocycles. The number of hydrogen-bond acceptors (Lipinski definition) is 1. The molecule has 0 bridgehead atoms. The maximum atomic E-state index is 10.4. The van der Waals surface area contributed by atoms with Crippen LogP contribution in [-0.4, -0.2) is 16.5 Å². The highest BCUT2D eigenvalue weighted by atomic mass is 35.5. The molecule has 0 heterocycles. The van der Waals surface area contributed by atoms with Crippen LogP contribution in [0.5, 0.6) is 0 Å². The lowest BCUT2D eigenvalue weighted by molar-refractivity contribution is -0.108. The maximum absolute atomic E-state index is 10.4. The van der Waals surface area contributed by atoms with E-state index in [0.717, 1.165) is 6.42 Å². The molecule has 0 unspecified atom stereocenters. The highest BCUT2D eigenvalue weighted by Crippen LogP contribution is 2.28. The number of halogens is 2. The van der Waals surface area contributed by atoms with Gasteiger partial charge in [0.25, 0.3) is 0 Å². The molecule has 0 amide bonds. The van der Waals surface area contributed by atoms with Crippen molar-refractivity contribution in [3.8, 4) is 0 Å². The molecule has 3 heteroatoms. The quantitative estimate of drug-likeness (QED) is 0.396. The van der Waals surface area contributed by atoms with Gasteiger partial charge in [-0.15, -0.1) is 23.2 Å². The van der Waals surface area contributed by atoms with Crippen molar-refractivity contribution < 1.29 is 4.79 Å². The third kappa shape index (κ3) is 5.33. The number of carbonyl (C=O) groups is 1. The van der Waals surface area contributed by atoms with Gasteiger partial charge in [0.2, 0.25) is 0 Å². The Labute approximate surface area is 90.1 Å². The summed E-state index contributed by atoms with van der Waals surface area (Å²) in [6.07, 6.45) is 4.36. The third-order valence-electron chi connectivity index (χ3n) is 1.88. The standard InChI is InChI=1S/C10H16Cl2O/c1-8(2)5-4-6-10(3,12)9(11)7-13/h5,7,9H,4,6H2,1-3H3/t9-,10-/m1/s1. The van der Waals surface area contributed by atoms with Crippen LogP contribution in [0.4, 0.5) is 0 Å². The second kappa shape index (κ2) is 5.66.